The minimum Gasteiger partial charge on any atom is -0.508 e. The molecular formula is C20H21ClFN3O2. The number of piperidine rings is 1. The quantitative estimate of drug-likeness (QED) is 0.699. The number of nitrogens with zero attached hydrogens (tertiary/aromatic N) is 2. The van der Waals surface area contributed by atoms with Gasteiger partial charge in [-0.2, -0.15) is 0 Å². The smallest absolute Gasteiger partial charge is 0.169 e. The standard InChI is InChI=1S/C20H21ClFN3O2/c1-25-10-8-12(9-11-25)27-19(13-4-2-3-5-16(13)26)20-23-15-7-6-14(21)17(22)18(15)24-20/h2-7,12,19,26H,8-11H2,1H3,(H,23,24). The number of hydrogen-bond donors (Lipinski definition) is 2. The Morgan fingerprint density at radius 1 is 1.26 bits per heavy atom. The van der Waals surface area contributed by atoms with Gasteiger partial charge in [-0.25, -0.2) is 9.37 Å². The highest BCUT2D eigenvalue weighted by molar-refractivity contribution is 6.31. The molecule has 2 N–H and O–H groups in total. The zero-order chi connectivity index (χ0) is 19.0. The van der Waals surface area contributed by atoms with Crippen LogP contribution in [0.1, 0.15) is 30.3 Å². The summed E-state index contributed by atoms with van der Waals surface area (Å²) in [5.41, 5.74) is 1.31. The zero-order valence-corrected chi connectivity index (χ0v) is 15.7. The van der Waals surface area contributed by atoms with Gasteiger partial charge in [-0.3, -0.25) is 0 Å². The normalized spacial score (nSPS) is 17.4. The highest BCUT2D eigenvalue weighted by Crippen LogP contribution is 2.35. The van der Waals surface area contributed by atoms with Gasteiger partial charge in [0.2, 0.25) is 0 Å². The molecule has 27 heavy (non-hydrogen) atoms. The fourth-order valence-corrected chi connectivity index (χ4v) is 3.62. The highest BCUT2D eigenvalue weighted by atomic mass is 35.5. The molecular weight excluding hydrogens is 369 g/mol. The van der Waals surface area contributed by atoms with E-state index in [0.29, 0.717) is 16.9 Å². The molecule has 0 amide bonds. The molecule has 3 aromatic rings. The number of imidazole rings is 1. The fraction of sp³-hybridized carbons (Fsp3) is 0.350. The Kier molecular flexibility index (Phi) is 5.04. The fourth-order valence-electron chi connectivity index (χ4n) is 3.47. The summed E-state index contributed by atoms with van der Waals surface area (Å²) in [5, 5.41) is 10.4. The van der Waals surface area contributed by atoms with Crippen molar-refractivity contribution in [3.8, 4) is 5.75 Å². The van der Waals surface area contributed by atoms with Crippen molar-refractivity contribution in [2.45, 2.75) is 25.0 Å². The van der Waals surface area contributed by atoms with E-state index in [-0.39, 0.29) is 22.4 Å². The Hall–Kier alpha value is -2.15. The second-order valence-corrected chi connectivity index (χ2v) is 7.36. The number of ether oxygens (including phenoxy) is 1. The number of hydrogen-bond acceptors (Lipinski definition) is 4. The summed E-state index contributed by atoms with van der Waals surface area (Å²) in [6.07, 6.45) is 1.19. The van der Waals surface area contributed by atoms with Crippen molar-refractivity contribution in [2.24, 2.45) is 0 Å². The minimum atomic E-state index is -0.620. The van der Waals surface area contributed by atoms with E-state index in [0.717, 1.165) is 25.9 Å². The summed E-state index contributed by atoms with van der Waals surface area (Å²) in [5.74, 6) is 0.00738. The molecule has 142 valence electrons. The van der Waals surface area contributed by atoms with Gasteiger partial charge in [0.15, 0.2) is 5.82 Å². The topological polar surface area (TPSA) is 61.4 Å². The molecule has 0 saturated carbocycles. The third kappa shape index (κ3) is 3.65. The molecule has 7 heteroatoms. The van der Waals surface area contributed by atoms with Gasteiger partial charge in [0, 0.05) is 18.7 Å². The van der Waals surface area contributed by atoms with Gasteiger partial charge in [-0.15, -0.1) is 0 Å². The molecule has 0 bridgehead atoms. The van der Waals surface area contributed by atoms with E-state index in [1.165, 1.54) is 6.07 Å². The van der Waals surface area contributed by atoms with E-state index in [9.17, 15) is 9.50 Å². The second-order valence-electron chi connectivity index (χ2n) is 6.96. The first kappa shape index (κ1) is 18.2. The maximum atomic E-state index is 14.3. The summed E-state index contributed by atoms with van der Waals surface area (Å²) in [6.45, 7) is 1.89. The molecule has 5 nitrogen and oxygen atoms in total. The molecule has 1 unspecified atom stereocenters. The zero-order valence-electron chi connectivity index (χ0n) is 15.0. The molecule has 1 atom stereocenters. The maximum absolute atomic E-state index is 14.3. The number of para-hydroxylation sites is 1. The number of likely N-dealkylation sites (tertiary alicyclic amines) is 1. The van der Waals surface area contributed by atoms with Crippen molar-refractivity contribution in [1.82, 2.24) is 14.9 Å². The number of aromatic hydroxyl groups is 1. The van der Waals surface area contributed by atoms with Crippen LogP contribution < -0.4 is 0 Å². The number of H-pyrrole nitrogens is 1. The number of phenolic OH excluding ortho intramolecular Hbond substituents is 1. The average molecular weight is 390 g/mol. The molecule has 1 fully saturated rings. The van der Waals surface area contributed by atoms with Gasteiger partial charge in [-0.1, -0.05) is 29.8 Å². The van der Waals surface area contributed by atoms with E-state index < -0.39 is 11.9 Å². The number of halogens is 2. The van der Waals surface area contributed by atoms with E-state index in [1.807, 2.05) is 6.07 Å². The first-order valence-corrected chi connectivity index (χ1v) is 9.36. The van der Waals surface area contributed by atoms with Gasteiger partial charge in [0.25, 0.3) is 0 Å². The first-order valence-electron chi connectivity index (χ1n) is 8.98. The summed E-state index contributed by atoms with van der Waals surface area (Å²) in [6, 6.07) is 10.2. The lowest BCUT2D eigenvalue weighted by molar-refractivity contribution is -0.0271. The Labute approximate surface area is 161 Å². The van der Waals surface area contributed by atoms with Gasteiger partial charge in [0.1, 0.15) is 23.2 Å². The molecule has 1 aliphatic heterocycles. The van der Waals surface area contributed by atoms with Crippen LogP contribution in [0.15, 0.2) is 36.4 Å². The molecule has 0 spiro atoms. The van der Waals surface area contributed by atoms with Crippen LogP contribution in [0.5, 0.6) is 5.75 Å². The van der Waals surface area contributed by atoms with Crippen molar-refractivity contribution in [3.05, 3.63) is 58.6 Å². The van der Waals surface area contributed by atoms with Crippen molar-refractivity contribution in [2.75, 3.05) is 20.1 Å². The Bertz CT molecular complexity index is 954. The number of benzene rings is 2. The molecule has 1 aliphatic rings. The Balaban J connectivity index is 1.73. The second kappa shape index (κ2) is 7.46. The predicted octanol–water partition coefficient (Wildman–Crippen LogP) is 4.26. The summed E-state index contributed by atoms with van der Waals surface area (Å²) >= 11 is 5.88. The number of aromatic amines is 1. The van der Waals surface area contributed by atoms with Crippen LogP contribution in [-0.4, -0.2) is 46.2 Å². The third-order valence-electron chi connectivity index (χ3n) is 5.03. The van der Waals surface area contributed by atoms with Crippen LogP contribution in [0.4, 0.5) is 4.39 Å². The molecule has 1 aromatic heterocycles. The van der Waals surface area contributed by atoms with Crippen LogP contribution in [0.3, 0.4) is 0 Å². The Morgan fingerprint density at radius 2 is 2.00 bits per heavy atom. The first-order chi connectivity index (χ1) is 13.0. The van der Waals surface area contributed by atoms with Gasteiger partial charge in [0.05, 0.1) is 16.6 Å². The maximum Gasteiger partial charge on any atom is 0.169 e. The van der Waals surface area contributed by atoms with Crippen molar-refractivity contribution < 1.29 is 14.2 Å². The molecule has 4 rings (SSSR count). The van der Waals surface area contributed by atoms with Crippen molar-refractivity contribution >= 4 is 22.6 Å². The van der Waals surface area contributed by atoms with Crippen LogP contribution in [0.25, 0.3) is 11.0 Å². The minimum absolute atomic E-state index is 0.0240. The van der Waals surface area contributed by atoms with Gasteiger partial charge < -0.3 is 19.7 Å². The largest absolute Gasteiger partial charge is 0.508 e. The number of rotatable bonds is 4. The van der Waals surface area contributed by atoms with Gasteiger partial charge >= 0.3 is 0 Å². The molecule has 0 radical (unpaired) electrons. The van der Waals surface area contributed by atoms with E-state index in [1.54, 1.807) is 24.3 Å². The summed E-state index contributed by atoms with van der Waals surface area (Å²) in [4.78, 5) is 9.80. The number of fused-ring (bicyclic) bond motifs is 1. The lowest BCUT2D eigenvalue weighted by Gasteiger charge is -2.31. The number of aromatic nitrogens is 2. The summed E-state index contributed by atoms with van der Waals surface area (Å²) < 4.78 is 20.7. The molecule has 1 saturated heterocycles. The lowest BCUT2D eigenvalue weighted by atomic mass is 10.0. The van der Waals surface area contributed by atoms with Crippen molar-refractivity contribution in [3.63, 3.8) is 0 Å². The Morgan fingerprint density at radius 3 is 2.74 bits per heavy atom. The van der Waals surface area contributed by atoms with Crippen molar-refractivity contribution in [1.29, 1.82) is 0 Å². The average Bonchev–Trinajstić information content (AvgIpc) is 3.10. The van der Waals surface area contributed by atoms with Crippen LogP contribution in [-0.2, 0) is 4.74 Å². The van der Waals surface area contributed by atoms with Crippen LogP contribution in [0, 0.1) is 5.82 Å². The third-order valence-corrected chi connectivity index (χ3v) is 5.32. The SMILES string of the molecule is CN1CCC(OC(c2nc3c(F)c(Cl)ccc3[nH]2)c2ccccc2O)CC1. The lowest BCUT2D eigenvalue weighted by Crippen LogP contribution is -2.35. The van der Waals surface area contributed by atoms with Crippen LogP contribution >= 0.6 is 11.6 Å². The van der Waals surface area contributed by atoms with Crippen LogP contribution in [0.2, 0.25) is 5.02 Å². The van der Waals surface area contributed by atoms with E-state index in [2.05, 4.69) is 21.9 Å². The molecule has 2 aromatic carbocycles. The highest BCUT2D eigenvalue weighted by Gasteiger charge is 2.28. The monoisotopic (exact) mass is 389 g/mol. The number of nitrogens with one attached hydrogen (secondary N) is 1. The molecule has 2 heterocycles. The predicted molar refractivity (Wildman–Crippen MR) is 103 cm³/mol. The molecule has 0 aliphatic carbocycles. The van der Waals surface area contributed by atoms with E-state index in [4.69, 9.17) is 16.3 Å². The number of phenols is 1. The summed E-state index contributed by atoms with van der Waals surface area (Å²) in [7, 11) is 2.09. The van der Waals surface area contributed by atoms with E-state index >= 15 is 0 Å². The van der Waals surface area contributed by atoms with Gasteiger partial charge in [-0.05, 0) is 38.1 Å².